The Morgan fingerprint density at radius 1 is 0.946 bits per heavy atom. The summed E-state index contributed by atoms with van der Waals surface area (Å²) >= 11 is 5.91. The first kappa shape index (κ1) is 52.6. The number of aliphatic imine (C=N–C) groups is 1. The minimum Gasteiger partial charge on any atom is -0.494 e. The number of aromatic amines is 1. The maximum Gasteiger partial charge on any atom is 0.337 e. The molecule has 9 rings (SSSR count). The van der Waals surface area contributed by atoms with Gasteiger partial charge < -0.3 is 49.6 Å². The number of aromatic hydroxyl groups is 1. The van der Waals surface area contributed by atoms with Gasteiger partial charge in [0.1, 0.15) is 29.8 Å². The summed E-state index contributed by atoms with van der Waals surface area (Å²) in [7, 11) is 9.06. The molecule has 0 aliphatic carbocycles. The number of benzene rings is 5. The number of amides is 2. The zero-order valence-electron chi connectivity index (χ0n) is 41.8. The zero-order chi connectivity index (χ0) is 52.3. The number of rotatable bonds is 15. The molecule has 2 aliphatic rings. The van der Waals surface area contributed by atoms with Gasteiger partial charge in [0, 0.05) is 91.6 Å². The average Bonchev–Trinajstić information content (AvgIpc) is 4.04. The summed E-state index contributed by atoms with van der Waals surface area (Å²) in [5, 5.41) is 18.3. The van der Waals surface area contributed by atoms with Crippen LogP contribution in [0, 0.1) is 5.82 Å². The molecule has 1 atom stereocenters. The van der Waals surface area contributed by atoms with Crippen LogP contribution in [0.2, 0.25) is 5.02 Å². The fraction of sp³-hybridized carbons (Fsp3) is 0.273. The highest BCUT2D eigenvalue weighted by Gasteiger charge is 2.23. The molecule has 17 nitrogen and oxygen atoms in total. The van der Waals surface area contributed by atoms with E-state index >= 15 is 0 Å². The first-order valence-corrected chi connectivity index (χ1v) is 24.3. The van der Waals surface area contributed by atoms with E-state index in [1.165, 1.54) is 31.6 Å². The Morgan fingerprint density at radius 2 is 1.72 bits per heavy atom. The van der Waals surface area contributed by atoms with E-state index in [0.717, 1.165) is 49.2 Å². The number of nitrogens with zero attached hydrogens (tertiary/aromatic N) is 7. The molecule has 4 N–H and O–H groups in total. The molecule has 5 aromatic carbocycles. The number of aromatic nitrogens is 3. The number of hydrogen-bond donors (Lipinski definition) is 4. The number of hydrogen-bond acceptors (Lipinski definition) is 14. The maximum atomic E-state index is 13.6. The van der Waals surface area contributed by atoms with E-state index in [-0.39, 0.29) is 28.8 Å². The van der Waals surface area contributed by atoms with Crippen LogP contribution in [0.15, 0.2) is 127 Å². The molecular weight excluding hydrogens is 967 g/mol. The zero-order valence-corrected chi connectivity index (χ0v) is 42.5. The van der Waals surface area contributed by atoms with Gasteiger partial charge in [-0.15, -0.1) is 0 Å². The normalized spacial score (nSPS) is 15.3. The number of piperazine rings is 1. The van der Waals surface area contributed by atoms with Crippen molar-refractivity contribution in [3.05, 3.63) is 149 Å². The van der Waals surface area contributed by atoms with Crippen LogP contribution in [0.1, 0.15) is 27.9 Å². The van der Waals surface area contributed by atoms with Crippen LogP contribution in [0.3, 0.4) is 0 Å². The van der Waals surface area contributed by atoms with Crippen LogP contribution in [-0.4, -0.2) is 152 Å². The van der Waals surface area contributed by atoms with Crippen molar-refractivity contribution < 1.29 is 38.1 Å². The highest BCUT2D eigenvalue weighted by Crippen LogP contribution is 2.36. The van der Waals surface area contributed by atoms with Gasteiger partial charge >= 0.3 is 5.97 Å². The molecule has 7 aromatic rings. The number of anilines is 4. The number of nitrogens with one attached hydrogen (secondary N) is 3. The first-order chi connectivity index (χ1) is 35.7. The Morgan fingerprint density at radius 3 is 2.42 bits per heavy atom. The SMILES string of the molecule is CN(C)C/C=C/C(=O)Nc1cc2c(Nc3ccc(F)c(Cl)c3)ncnc2cc1O[C@H]1CCOC1.COC(=O)c1ccc2c(C(=Nc3ccc(N(C)C(=O)CN4CCN(C)CC4)cc3)c3ccccc3)c(O)[nH]c2c1. The summed E-state index contributed by atoms with van der Waals surface area (Å²) < 4.78 is 29.9. The quantitative estimate of drug-likeness (QED) is 0.0436. The molecule has 4 heterocycles. The third-order valence-corrected chi connectivity index (χ3v) is 12.7. The predicted octanol–water partition coefficient (Wildman–Crippen LogP) is 8.43. The Labute approximate surface area is 433 Å². The second-order valence-electron chi connectivity index (χ2n) is 18.1. The number of likely N-dealkylation sites (N-methyl/N-ethyl adjacent to an activating group) is 3. The lowest BCUT2D eigenvalue weighted by atomic mass is 10.00. The maximum absolute atomic E-state index is 13.6. The number of carbonyl (C=O) groups excluding carboxylic acids is 3. The lowest BCUT2D eigenvalue weighted by Crippen LogP contribution is -2.48. The van der Waals surface area contributed by atoms with Crippen LogP contribution in [-0.2, 0) is 19.1 Å². The largest absolute Gasteiger partial charge is 0.494 e. The third kappa shape index (κ3) is 13.3. The minimum atomic E-state index is -0.509. The van der Waals surface area contributed by atoms with Gasteiger partial charge in [0.15, 0.2) is 5.88 Å². The Bertz CT molecular complexity index is 3170. The topological polar surface area (TPSA) is 190 Å². The molecule has 74 heavy (non-hydrogen) atoms. The molecule has 2 saturated heterocycles. The van der Waals surface area contributed by atoms with Crippen molar-refractivity contribution in [2.24, 2.45) is 4.99 Å². The molecule has 0 radical (unpaired) electrons. The fourth-order valence-electron chi connectivity index (χ4n) is 8.28. The second kappa shape index (κ2) is 24.3. The van der Waals surface area contributed by atoms with Gasteiger partial charge in [0.25, 0.3) is 0 Å². The van der Waals surface area contributed by atoms with Crippen molar-refractivity contribution in [1.82, 2.24) is 29.7 Å². The smallest absolute Gasteiger partial charge is 0.337 e. The molecule has 0 unspecified atom stereocenters. The predicted molar refractivity (Wildman–Crippen MR) is 287 cm³/mol. The van der Waals surface area contributed by atoms with Crippen molar-refractivity contribution in [2.45, 2.75) is 12.5 Å². The summed E-state index contributed by atoms with van der Waals surface area (Å²) in [4.78, 5) is 62.2. The van der Waals surface area contributed by atoms with Gasteiger partial charge in [0.05, 0.1) is 65.6 Å². The van der Waals surface area contributed by atoms with Crippen LogP contribution in [0.5, 0.6) is 11.6 Å². The van der Waals surface area contributed by atoms with E-state index in [2.05, 4.69) is 42.4 Å². The third-order valence-electron chi connectivity index (χ3n) is 12.4. The van der Waals surface area contributed by atoms with Gasteiger partial charge in [-0.05, 0) is 81.8 Å². The van der Waals surface area contributed by atoms with E-state index in [4.69, 9.17) is 30.8 Å². The average molecular weight is 1030 g/mol. The molecule has 384 valence electrons. The van der Waals surface area contributed by atoms with E-state index in [1.807, 2.05) is 73.6 Å². The van der Waals surface area contributed by atoms with E-state index < -0.39 is 11.8 Å². The van der Waals surface area contributed by atoms with Gasteiger partial charge in [-0.1, -0.05) is 54.1 Å². The Hall–Kier alpha value is -7.74. The van der Waals surface area contributed by atoms with Crippen LogP contribution < -0.4 is 20.3 Å². The van der Waals surface area contributed by atoms with Crippen molar-refractivity contribution >= 4 is 85.5 Å². The standard InChI is InChI=1S/C31H33N5O4.C24H25ClFN5O3/c1-34-15-17-36(18-16-34)20-27(37)35(2)24-12-10-23(11-13-24)32-29(21-7-5-4-6-8-21)28-25-14-9-22(31(39)40-3)19-26(25)33-30(28)38;1-31(2)8-3-4-23(32)30-21-11-17-20(12-22(21)34-16-7-9-33-13-16)27-14-28-24(17)29-15-5-6-19(26)18(25)10-15/h4-14,19,33,38H,15-18,20H2,1-3H3;3-6,10-12,14,16H,7-9,13H2,1-2H3,(H,30,32)(H,27,28,29)/b;4-3+/t;16-/m.0/s1. The first-order valence-electron chi connectivity index (χ1n) is 24.0. The number of fused-ring (bicyclic) bond motifs is 2. The number of esters is 1. The summed E-state index contributed by atoms with van der Waals surface area (Å²) in [6.07, 6.45) is 5.32. The number of H-pyrrole nitrogens is 1. The molecule has 2 fully saturated rings. The van der Waals surface area contributed by atoms with E-state index in [9.17, 15) is 23.9 Å². The summed E-state index contributed by atoms with van der Waals surface area (Å²) in [6, 6.07) is 30.0. The van der Waals surface area contributed by atoms with Crippen LogP contribution >= 0.6 is 11.6 Å². The Balaban J connectivity index is 0.000000200. The van der Waals surface area contributed by atoms with Crippen molar-refractivity contribution in [2.75, 3.05) is 103 Å². The molecule has 19 heteroatoms. The lowest BCUT2D eigenvalue weighted by Gasteiger charge is -2.32. The highest BCUT2D eigenvalue weighted by atomic mass is 35.5. The van der Waals surface area contributed by atoms with E-state index in [0.29, 0.717) is 88.2 Å². The molecular formula is C55H58ClFN10O7. The van der Waals surface area contributed by atoms with Gasteiger partial charge in [-0.25, -0.2) is 24.1 Å². The van der Waals surface area contributed by atoms with Crippen LogP contribution in [0.4, 0.5) is 33.0 Å². The van der Waals surface area contributed by atoms with Gasteiger partial charge in [0.2, 0.25) is 11.8 Å². The number of methoxy groups -OCH3 is 1. The number of halogens is 2. The van der Waals surface area contributed by atoms with Gasteiger partial charge in [-0.3, -0.25) is 14.5 Å². The summed E-state index contributed by atoms with van der Waals surface area (Å²) in [5.74, 6) is -0.295. The van der Waals surface area contributed by atoms with Crippen molar-refractivity contribution in [1.29, 1.82) is 0 Å². The molecule has 2 amide bonds. The number of ether oxygens (including phenoxy) is 3. The van der Waals surface area contributed by atoms with Gasteiger partial charge in [-0.2, -0.15) is 0 Å². The molecule has 2 aliphatic heterocycles. The molecule has 2 aromatic heterocycles. The molecule has 0 spiro atoms. The highest BCUT2D eigenvalue weighted by molar-refractivity contribution is 6.31. The summed E-state index contributed by atoms with van der Waals surface area (Å²) in [5.41, 5.74) is 5.99. The molecule has 0 bridgehead atoms. The second-order valence-corrected chi connectivity index (χ2v) is 18.5. The lowest BCUT2D eigenvalue weighted by molar-refractivity contribution is -0.119. The van der Waals surface area contributed by atoms with Crippen LogP contribution in [0.25, 0.3) is 21.8 Å². The minimum absolute atomic E-state index is 0.00436. The number of carbonyl (C=O) groups is 3. The summed E-state index contributed by atoms with van der Waals surface area (Å²) in [6.45, 7) is 5.83. The molecule has 0 saturated carbocycles. The Kier molecular flexibility index (Phi) is 17.3. The van der Waals surface area contributed by atoms with Crippen molar-refractivity contribution in [3.8, 4) is 11.6 Å². The van der Waals surface area contributed by atoms with E-state index in [1.54, 1.807) is 54.4 Å². The van der Waals surface area contributed by atoms with Crippen molar-refractivity contribution in [3.63, 3.8) is 0 Å². The monoisotopic (exact) mass is 1020 g/mol. The fourth-order valence-corrected chi connectivity index (χ4v) is 8.46.